The van der Waals surface area contributed by atoms with Gasteiger partial charge in [0.05, 0.1) is 6.21 Å². The van der Waals surface area contributed by atoms with Crippen molar-refractivity contribution in [2.24, 2.45) is 5.16 Å². The average molecular weight is 371 g/mol. The molecule has 0 aliphatic carbocycles. The minimum Gasteiger partial charge on any atom is -0.339 e. The summed E-state index contributed by atoms with van der Waals surface area (Å²) in [5.74, 6) is -0.308. The summed E-state index contributed by atoms with van der Waals surface area (Å²) >= 11 is 6.01. The smallest absolute Gasteiger partial charge is 0.331 e. The van der Waals surface area contributed by atoms with Crippen molar-refractivity contribution < 1.29 is 9.63 Å². The van der Waals surface area contributed by atoms with Gasteiger partial charge in [-0.15, -0.1) is 0 Å². The molecule has 3 aromatic rings. The number of pyridine rings is 1. The number of carbonyl (C=O) groups is 1. The third kappa shape index (κ3) is 3.73. The number of aryl methyl sites for hydroxylation is 1. The van der Waals surface area contributed by atoms with Gasteiger partial charge in [-0.1, -0.05) is 28.9 Å². The first-order chi connectivity index (χ1) is 12.5. The fourth-order valence-electron chi connectivity index (χ4n) is 2.38. The molecule has 0 bridgehead atoms. The Balaban J connectivity index is 2.17. The number of halogens is 1. The molecule has 0 saturated heterocycles. The second kappa shape index (κ2) is 7.37. The first-order valence-electron chi connectivity index (χ1n) is 7.71. The number of nitrogens with zero attached hydrogens (tertiary/aromatic N) is 3. The van der Waals surface area contributed by atoms with Crippen LogP contribution in [0.3, 0.4) is 0 Å². The molecule has 132 valence electrons. The van der Waals surface area contributed by atoms with Gasteiger partial charge < -0.3 is 10.2 Å². The molecule has 1 N–H and O–H groups in total. The summed E-state index contributed by atoms with van der Waals surface area (Å²) < 4.78 is 1.41. The summed E-state index contributed by atoms with van der Waals surface area (Å²) in [6, 6.07) is 10.6. The van der Waals surface area contributed by atoms with E-state index in [9.17, 15) is 9.59 Å². The van der Waals surface area contributed by atoms with Crippen molar-refractivity contribution in [3.63, 3.8) is 0 Å². The van der Waals surface area contributed by atoms with Crippen LogP contribution in [0, 0.1) is 6.92 Å². The molecule has 26 heavy (non-hydrogen) atoms. The predicted molar refractivity (Wildman–Crippen MR) is 100 cm³/mol. The van der Waals surface area contributed by atoms with Gasteiger partial charge in [0, 0.05) is 23.8 Å². The van der Waals surface area contributed by atoms with Crippen LogP contribution in [-0.2, 0) is 9.63 Å². The fraction of sp³-hybridized carbons (Fsp3) is 0.111. The Morgan fingerprint density at radius 2 is 2.15 bits per heavy atom. The topological polar surface area (TPSA) is 85.1 Å². The van der Waals surface area contributed by atoms with Gasteiger partial charge >= 0.3 is 5.97 Å². The zero-order chi connectivity index (χ0) is 18.7. The van der Waals surface area contributed by atoms with Crippen LogP contribution in [0.5, 0.6) is 0 Å². The van der Waals surface area contributed by atoms with Crippen LogP contribution in [-0.4, -0.2) is 21.6 Å². The summed E-state index contributed by atoms with van der Waals surface area (Å²) in [5, 5.41) is 7.17. The van der Waals surface area contributed by atoms with Crippen molar-refractivity contribution in [2.75, 3.05) is 5.32 Å². The molecule has 0 saturated carbocycles. The highest BCUT2D eigenvalue weighted by molar-refractivity contribution is 6.30. The number of fused-ring (bicyclic) bond motifs is 1. The lowest BCUT2D eigenvalue weighted by Crippen LogP contribution is -2.22. The van der Waals surface area contributed by atoms with E-state index in [1.807, 2.05) is 13.0 Å². The number of nitrogens with one attached hydrogen (secondary N) is 1. The van der Waals surface area contributed by atoms with Crippen LogP contribution in [0.1, 0.15) is 18.1 Å². The average Bonchev–Trinajstić information content (AvgIpc) is 2.58. The van der Waals surface area contributed by atoms with Crippen LogP contribution < -0.4 is 10.9 Å². The van der Waals surface area contributed by atoms with Gasteiger partial charge in [-0.3, -0.25) is 9.20 Å². The van der Waals surface area contributed by atoms with Gasteiger partial charge in [0.25, 0.3) is 5.56 Å². The van der Waals surface area contributed by atoms with Crippen LogP contribution in [0.15, 0.2) is 52.5 Å². The molecule has 2 heterocycles. The number of benzene rings is 1. The second-order valence-corrected chi connectivity index (χ2v) is 5.95. The molecular formula is C18H15ClN4O3. The molecule has 0 spiro atoms. The lowest BCUT2D eigenvalue weighted by Gasteiger charge is -2.11. The van der Waals surface area contributed by atoms with E-state index in [1.54, 1.807) is 36.5 Å². The molecule has 1 aromatic carbocycles. The number of aromatic nitrogens is 2. The van der Waals surface area contributed by atoms with Gasteiger partial charge in [-0.25, -0.2) is 9.78 Å². The van der Waals surface area contributed by atoms with E-state index >= 15 is 0 Å². The highest BCUT2D eigenvalue weighted by Crippen LogP contribution is 2.21. The molecule has 7 nitrogen and oxygen atoms in total. The third-order valence-electron chi connectivity index (χ3n) is 3.53. The molecule has 0 aliphatic rings. The standard InChI is InChI=1S/C18H15ClN4O3/c1-11-5-4-8-23-17(11)22-16(21-14-7-3-6-13(19)9-14)15(18(23)25)10-20-26-12(2)24/h3-10,21H,1-2H3/b20-10-. The van der Waals surface area contributed by atoms with E-state index in [0.717, 1.165) is 5.56 Å². The number of oxime groups is 1. The molecule has 0 unspecified atom stereocenters. The Morgan fingerprint density at radius 3 is 2.88 bits per heavy atom. The quantitative estimate of drug-likeness (QED) is 0.432. The van der Waals surface area contributed by atoms with Crippen LogP contribution in [0.25, 0.3) is 5.65 Å². The zero-order valence-corrected chi connectivity index (χ0v) is 14.8. The third-order valence-corrected chi connectivity index (χ3v) is 3.77. The Morgan fingerprint density at radius 1 is 1.35 bits per heavy atom. The second-order valence-electron chi connectivity index (χ2n) is 5.52. The SMILES string of the molecule is CC(=O)O/N=C\c1c(Nc2cccc(Cl)c2)nc2c(C)cccn2c1=O. The lowest BCUT2D eigenvalue weighted by molar-refractivity contribution is -0.140. The summed E-state index contributed by atoms with van der Waals surface area (Å²) in [4.78, 5) is 32.9. The maximum atomic E-state index is 12.9. The first-order valence-corrected chi connectivity index (χ1v) is 8.09. The van der Waals surface area contributed by atoms with Crippen molar-refractivity contribution in [2.45, 2.75) is 13.8 Å². The molecule has 2 aromatic heterocycles. The molecule has 3 rings (SSSR count). The van der Waals surface area contributed by atoms with Gasteiger partial charge in [-0.2, -0.15) is 0 Å². The number of hydrogen-bond donors (Lipinski definition) is 1. The molecule has 0 fully saturated rings. The summed E-state index contributed by atoms with van der Waals surface area (Å²) in [7, 11) is 0. The number of rotatable bonds is 4. The van der Waals surface area contributed by atoms with Crippen molar-refractivity contribution in [3.8, 4) is 0 Å². The Bertz CT molecular complexity index is 1080. The number of hydrogen-bond acceptors (Lipinski definition) is 6. The van der Waals surface area contributed by atoms with E-state index in [2.05, 4.69) is 20.3 Å². The minimum atomic E-state index is -0.588. The highest BCUT2D eigenvalue weighted by atomic mass is 35.5. The molecular weight excluding hydrogens is 356 g/mol. The van der Waals surface area contributed by atoms with Crippen LogP contribution in [0.2, 0.25) is 5.02 Å². The molecule has 8 heteroatoms. The minimum absolute atomic E-state index is 0.148. The molecule has 0 radical (unpaired) electrons. The van der Waals surface area contributed by atoms with Gasteiger partial charge in [-0.05, 0) is 36.8 Å². The number of anilines is 2. The van der Waals surface area contributed by atoms with E-state index < -0.39 is 5.97 Å². The van der Waals surface area contributed by atoms with Crippen LogP contribution >= 0.6 is 11.6 Å². The monoisotopic (exact) mass is 370 g/mol. The van der Waals surface area contributed by atoms with Crippen molar-refractivity contribution >= 4 is 40.9 Å². The van der Waals surface area contributed by atoms with Crippen molar-refractivity contribution in [1.29, 1.82) is 0 Å². The largest absolute Gasteiger partial charge is 0.339 e. The van der Waals surface area contributed by atoms with E-state index in [1.165, 1.54) is 17.5 Å². The predicted octanol–water partition coefficient (Wildman–Crippen LogP) is 3.30. The Hall–Kier alpha value is -3.19. The fourth-order valence-corrected chi connectivity index (χ4v) is 2.57. The van der Waals surface area contributed by atoms with Gasteiger partial charge in [0.15, 0.2) is 0 Å². The Labute approximate surface area is 153 Å². The van der Waals surface area contributed by atoms with E-state index in [4.69, 9.17) is 11.6 Å². The Kier molecular flexibility index (Phi) is 4.99. The molecule has 0 aliphatic heterocycles. The summed E-state index contributed by atoms with van der Waals surface area (Å²) in [6.45, 7) is 3.08. The van der Waals surface area contributed by atoms with Gasteiger partial charge in [0.1, 0.15) is 17.0 Å². The zero-order valence-electron chi connectivity index (χ0n) is 14.1. The van der Waals surface area contributed by atoms with E-state index in [-0.39, 0.29) is 16.9 Å². The molecule has 0 atom stereocenters. The highest BCUT2D eigenvalue weighted by Gasteiger charge is 2.13. The maximum Gasteiger partial charge on any atom is 0.331 e. The van der Waals surface area contributed by atoms with Crippen LogP contribution in [0.4, 0.5) is 11.5 Å². The summed E-state index contributed by atoms with van der Waals surface area (Å²) in [6.07, 6.45) is 2.78. The maximum absolute atomic E-state index is 12.9. The summed E-state index contributed by atoms with van der Waals surface area (Å²) in [5.41, 5.74) is 1.80. The number of carbonyl (C=O) groups excluding carboxylic acids is 1. The molecule has 0 amide bonds. The van der Waals surface area contributed by atoms with Crippen molar-refractivity contribution in [3.05, 3.63) is 69.1 Å². The lowest BCUT2D eigenvalue weighted by atomic mass is 10.2. The first kappa shape index (κ1) is 17.6. The normalized spacial score (nSPS) is 11.0. The van der Waals surface area contributed by atoms with E-state index in [0.29, 0.717) is 16.4 Å². The van der Waals surface area contributed by atoms with Gasteiger partial charge in [0.2, 0.25) is 0 Å². The van der Waals surface area contributed by atoms with Crippen molar-refractivity contribution in [1.82, 2.24) is 9.38 Å².